The number of likely N-dealkylation sites (N-methyl/N-ethyl adjacent to an activating group) is 1. The molecule has 2 aliphatic rings. The second-order valence-corrected chi connectivity index (χ2v) is 7.10. The number of nitrogens with zero attached hydrogens (tertiary/aromatic N) is 2. The van der Waals surface area contributed by atoms with E-state index in [1.165, 1.54) is 25.9 Å². The molecule has 1 saturated heterocycles. The van der Waals surface area contributed by atoms with Crippen LogP contribution in [0.4, 0.5) is 0 Å². The van der Waals surface area contributed by atoms with Gasteiger partial charge in [0, 0.05) is 31.6 Å². The number of carbonyl (C=O) groups excluding carboxylic acids is 1. The summed E-state index contributed by atoms with van der Waals surface area (Å²) >= 11 is 0. The second kappa shape index (κ2) is 11.5. The predicted molar refractivity (Wildman–Crippen MR) is 101 cm³/mol. The Labute approximate surface area is 153 Å². The van der Waals surface area contributed by atoms with Crippen molar-refractivity contribution in [3.63, 3.8) is 0 Å². The Bertz CT molecular complexity index is 336. The van der Waals surface area contributed by atoms with Gasteiger partial charge >= 0.3 is 0 Å². The van der Waals surface area contributed by atoms with Crippen LogP contribution in [0.2, 0.25) is 0 Å². The minimum Gasteiger partial charge on any atom is -0.356 e. The molecule has 2 unspecified atom stereocenters. The highest BCUT2D eigenvalue weighted by molar-refractivity contribution is 5.85. The summed E-state index contributed by atoms with van der Waals surface area (Å²) in [7, 11) is 4.24. The highest BCUT2D eigenvalue weighted by Crippen LogP contribution is 2.24. The molecule has 0 radical (unpaired) electrons. The monoisotopic (exact) mass is 368 g/mol. The molecule has 1 amide bonds. The van der Waals surface area contributed by atoms with E-state index in [4.69, 9.17) is 5.73 Å². The summed E-state index contributed by atoms with van der Waals surface area (Å²) in [4.78, 5) is 16.9. The molecule has 2 rings (SSSR count). The molecule has 3 N–H and O–H groups in total. The van der Waals surface area contributed by atoms with Crippen molar-refractivity contribution in [1.29, 1.82) is 0 Å². The molecule has 138 valence electrons. The largest absolute Gasteiger partial charge is 0.356 e. The number of nitrogens with two attached hydrogens (primary N) is 1. The number of hydrogen-bond acceptors (Lipinski definition) is 4. The molecule has 2 fully saturated rings. The van der Waals surface area contributed by atoms with Crippen molar-refractivity contribution < 1.29 is 4.79 Å². The fourth-order valence-corrected chi connectivity index (χ4v) is 3.40. The number of carbonyl (C=O) groups is 1. The molecule has 7 heteroatoms. The quantitative estimate of drug-likeness (QED) is 0.742. The zero-order valence-corrected chi connectivity index (χ0v) is 16.1. The number of rotatable bonds is 6. The van der Waals surface area contributed by atoms with Crippen molar-refractivity contribution in [3.8, 4) is 0 Å². The summed E-state index contributed by atoms with van der Waals surface area (Å²) in [5.74, 6) is 1.05. The van der Waals surface area contributed by atoms with E-state index >= 15 is 0 Å². The Kier molecular flexibility index (Phi) is 11.4. The van der Waals surface area contributed by atoms with Gasteiger partial charge in [-0.2, -0.15) is 0 Å². The fraction of sp³-hybridized carbons (Fsp3) is 0.938. The molecule has 0 aromatic heterocycles. The maximum absolute atomic E-state index is 12.1. The van der Waals surface area contributed by atoms with Gasteiger partial charge in [0.25, 0.3) is 0 Å². The first-order chi connectivity index (χ1) is 10.0. The van der Waals surface area contributed by atoms with Gasteiger partial charge in [-0.1, -0.05) is 0 Å². The van der Waals surface area contributed by atoms with Crippen LogP contribution < -0.4 is 11.1 Å². The molecule has 0 spiro atoms. The van der Waals surface area contributed by atoms with E-state index in [-0.39, 0.29) is 42.7 Å². The zero-order chi connectivity index (χ0) is 15.2. The lowest BCUT2D eigenvalue weighted by Gasteiger charge is -2.32. The van der Waals surface area contributed by atoms with E-state index in [1.807, 2.05) is 0 Å². The first-order valence-corrected chi connectivity index (χ1v) is 8.45. The van der Waals surface area contributed by atoms with Gasteiger partial charge in [-0.3, -0.25) is 4.79 Å². The van der Waals surface area contributed by atoms with Gasteiger partial charge < -0.3 is 20.9 Å². The lowest BCUT2D eigenvalue weighted by molar-refractivity contribution is -0.125. The third-order valence-corrected chi connectivity index (χ3v) is 4.98. The van der Waals surface area contributed by atoms with Crippen LogP contribution in [-0.4, -0.2) is 68.6 Å². The predicted octanol–water partition coefficient (Wildman–Crippen LogP) is 1.35. The Hall–Kier alpha value is -0.0700. The van der Waals surface area contributed by atoms with Gasteiger partial charge in [0.1, 0.15) is 0 Å². The summed E-state index contributed by atoms with van der Waals surface area (Å²) < 4.78 is 0. The number of halogens is 2. The summed E-state index contributed by atoms with van der Waals surface area (Å²) in [6.07, 6.45) is 5.25. The molecule has 1 aliphatic heterocycles. The second-order valence-electron chi connectivity index (χ2n) is 7.10. The zero-order valence-electron chi connectivity index (χ0n) is 14.5. The molecular weight excluding hydrogens is 335 g/mol. The van der Waals surface area contributed by atoms with E-state index in [1.54, 1.807) is 0 Å². The van der Waals surface area contributed by atoms with E-state index in [0.29, 0.717) is 5.92 Å². The van der Waals surface area contributed by atoms with E-state index in [2.05, 4.69) is 29.2 Å². The average molecular weight is 369 g/mol. The van der Waals surface area contributed by atoms with Crippen LogP contribution in [0.5, 0.6) is 0 Å². The van der Waals surface area contributed by atoms with Crippen molar-refractivity contribution >= 4 is 30.7 Å². The number of piperidine rings is 1. The van der Waals surface area contributed by atoms with Gasteiger partial charge in [-0.25, -0.2) is 0 Å². The Balaban J connectivity index is 0.00000242. The van der Waals surface area contributed by atoms with Gasteiger partial charge in [-0.05, 0) is 65.2 Å². The lowest BCUT2D eigenvalue weighted by atomic mass is 9.96. The maximum atomic E-state index is 12.1. The van der Waals surface area contributed by atoms with Crippen LogP contribution in [0.1, 0.15) is 32.1 Å². The van der Waals surface area contributed by atoms with Crippen LogP contribution in [0.15, 0.2) is 0 Å². The summed E-state index contributed by atoms with van der Waals surface area (Å²) in [6, 6.07) is 0.237. The molecule has 23 heavy (non-hydrogen) atoms. The maximum Gasteiger partial charge on any atom is 0.223 e. The molecule has 1 aliphatic carbocycles. The van der Waals surface area contributed by atoms with Crippen LogP contribution >= 0.6 is 24.8 Å². The van der Waals surface area contributed by atoms with Crippen molar-refractivity contribution in [3.05, 3.63) is 0 Å². The van der Waals surface area contributed by atoms with Gasteiger partial charge in [0.15, 0.2) is 0 Å². The van der Waals surface area contributed by atoms with Crippen molar-refractivity contribution in [2.45, 2.75) is 38.1 Å². The highest BCUT2D eigenvalue weighted by Gasteiger charge is 2.28. The van der Waals surface area contributed by atoms with Crippen LogP contribution in [0.25, 0.3) is 0 Å². The summed E-state index contributed by atoms with van der Waals surface area (Å²) in [6.45, 7) is 5.48. The molecule has 1 saturated carbocycles. The van der Waals surface area contributed by atoms with Crippen molar-refractivity contribution in [2.24, 2.45) is 17.6 Å². The third-order valence-electron chi connectivity index (χ3n) is 4.98. The van der Waals surface area contributed by atoms with Crippen molar-refractivity contribution in [2.75, 3.05) is 46.8 Å². The standard InChI is InChI=1S/C16H32N4O.2ClH/c1-19(2)9-10-20-7-5-13(6-8-20)12-18-16(21)14-3-4-15(17)11-14;;/h13-15H,3-12,17H2,1-2H3,(H,18,21);2*1H. The summed E-state index contributed by atoms with van der Waals surface area (Å²) in [5.41, 5.74) is 5.88. The van der Waals surface area contributed by atoms with Crippen LogP contribution in [0.3, 0.4) is 0 Å². The Morgan fingerprint density at radius 1 is 1.17 bits per heavy atom. The minimum absolute atomic E-state index is 0. The highest BCUT2D eigenvalue weighted by atomic mass is 35.5. The Morgan fingerprint density at radius 2 is 1.83 bits per heavy atom. The van der Waals surface area contributed by atoms with Gasteiger partial charge in [-0.15, -0.1) is 24.8 Å². The molecule has 0 aromatic carbocycles. The van der Waals surface area contributed by atoms with E-state index < -0.39 is 0 Å². The third kappa shape index (κ3) is 8.03. The van der Waals surface area contributed by atoms with Gasteiger partial charge in [0.05, 0.1) is 0 Å². The average Bonchev–Trinajstić information content (AvgIpc) is 2.90. The molecule has 5 nitrogen and oxygen atoms in total. The summed E-state index contributed by atoms with van der Waals surface area (Å²) in [5, 5.41) is 3.16. The molecule has 1 heterocycles. The number of nitrogens with one attached hydrogen (secondary N) is 1. The first-order valence-electron chi connectivity index (χ1n) is 8.45. The van der Waals surface area contributed by atoms with Crippen molar-refractivity contribution in [1.82, 2.24) is 15.1 Å². The Morgan fingerprint density at radius 3 is 2.35 bits per heavy atom. The van der Waals surface area contributed by atoms with Crippen LogP contribution in [-0.2, 0) is 4.79 Å². The topological polar surface area (TPSA) is 61.6 Å². The minimum atomic E-state index is 0. The molecular formula is C16H34Cl2N4O. The van der Waals surface area contributed by atoms with E-state index in [9.17, 15) is 4.79 Å². The van der Waals surface area contributed by atoms with E-state index in [0.717, 1.165) is 38.9 Å². The fourth-order valence-electron chi connectivity index (χ4n) is 3.40. The molecule has 2 atom stereocenters. The molecule has 0 aromatic rings. The smallest absolute Gasteiger partial charge is 0.223 e. The van der Waals surface area contributed by atoms with Gasteiger partial charge in [0.2, 0.25) is 5.91 Å². The number of hydrogen-bond donors (Lipinski definition) is 2. The van der Waals surface area contributed by atoms with Crippen LogP contribution in [0, 0.1) is 11.8 Å². The number of likely N-dealkylation sites (tertiary alicyclic amines) is 1. The molecule has 0 bridgehead atoms. The lowest BCUT2D eigenvalue weighted by Crippen LogP contribution is -2.41. The normalized spacial score (nSPS) is 25.7. The SMILES string of the molecule is CN(C)CCN1CCC(CNC(=O)C2CCC(N)C2)CC1.Cl.Cl. The number of amides is 1. The first kappa shape index (κ1) is 22.9.